The van der Waals surface area contributed by atoms with Gasteiger partial charge in [-0.3, -0.25) is 0 Å². The van der Waals surface area contributed by atoms with Crippen LogP contribution in [0.3, 0.4) is 0 Å². The topological polar surface area (TPSA) is 14.8 Å². The lowest BCUT2D eigenvalue weighted by Crippen LogP contribution is -2.07. The van der Waals surface area contributed by atoms with Crippen LogP contribution in [0.15, 0.2) is 54.6 Å². The molecule has 0 bridgehead atoms. The van der Waals surface area contributed by atoms with Gasteiger partial charge in [-0.05, 0) is 96.1 Å². The van der Waals surface area contributed by atoms with Crippen molar-refractivity contribution in [1.29, 1.82) is 0 Å². The number of nitrogens with zero attached hydrogens (tertiary/aromatic N) is 3. The number of aromatic nitrogens is 3. The first-order chi connectivity index (χ1) is 12.9. The number of aryl methyl sites for hydroxylation is 6. The quantitative estimate of drug-likeness (QED) is 0.433. The van der Waals surface area contributed by atoms with E-state index in [0.717, 1.165) is 0 Å². The van der Waals surface area contributed by atoms with E-state index in [0.29, 0.717) is 0 Å². The third-order valence-corrected chi connectivity index (χ3v) is 5.48. The number of rotatable bonds is 3. The third kappa shape index (κ3) is 2.84. The lowest BCUT2D eigenvalue weighted by molar-refractivity contribution is 0.914. The van der Waals surface area contributed by atoms with Crippen molar-refractivity contribution < 1.29 is 0 Å². The summed E-state index contributed by atoms with van der Waals surface area (Å²) < 4.78 is 6.99. The van der Waals surface area contributed by atoms with Gasteiger partial charge in [0.05, 0.1) is 0 Å². The Morgan fingerprint density at radius 1 is 0.370 bits per heavy atom. The average Bonchev–Trinajstić information content (AvgIpc) is 3.25. The van der Waals surface area contributed by atoms with Gasteiger partial charge in [0.2, 0.25) is 0 Å². The Balaban J connectivity index is 2.04. The molecule has 27 heavy (non-hydrogen) atoms. The maximum absolute atomic E-state index is 2.33. The number of hydrogen-bond donors (Lipinski definition) is 0. The molecule has 0 fully saturated rings. The van der Waals surface area contributed by atoms with Crippen LogP contribution in [0.2, 0.25) is 0 Å². The molecule has 3 heteroatoms. The normalized spacial score (nSPS) is 11.3. The molecule has 0 aliphatic rings. The van der Waals surface area contributed by atoms with Crippen LogP contribution in [-0.2, 0) is 0 Å². The Kier molecular flexibility index (Phi) is 4.11. The molecular formula is C24H27N3. The van der Waals surface area contributed by atoms with Gasteiger partial charge < -0.3 is 13.7 Å². The van der Waals surface area contributed by atoms with Crippen LogP contribution < -0.4 is 0 Å². The summed E-state index contributed by atoms with van der Waals surface area (Å²) in [5.74, 6) is 0. The predicted octanol–water partition coefficient (Wildman–Crippen LogP) is 5.91. The molecule has 0 aliphatic carbocycles. The molecule has 0 amide bonds. The Labute approximate surface area is 161 Å². The molecule has 138 valence electrons. The Bertz CT molecular complexity index is 921. The molecule has 0 spiro atoms. The van der Waals surface area contributed by atoms with E-state index in [1.807, 2.05) is 0 Å². The van der Waals surface area contributed by atoms with Gasteiger partial charge >= 0.3 is 0 Å². The summed E-state index contributed by atoms with van der Waals surface area (Å²) in [6, 6.07) is 20.0. The predicted molar refractivity (Wildman–Crippen MR) is 113 cm³/mol. The van der Waals surface area contributed by atoms with Crippen LogP contribution in [0.1, 0.15) is 34.2 Å². The van der Waals surface area contributed by atoms with E-state index < -0.39 is 0 Å². The van der Waals surface area contributed by atoms with E-state index in [9.17, 15) is 0 Å². The Morgan fingerprint density at radius 3 is 0.741 bits per heavy atom. The van der Waals surface area contributed by atoms with Gasteiger partial charge in [0.15, 0.2) is 0 Å². The van der Waals surface area contributed by atoms with Crippen LogP contribution in [0.25, 0.3) is 17.1 Å². The summed E-state index contributed by atoms with van der Waals surface area (Å²) in [7, 11) is 0. The second-order valence-electron chi connectivity index (χ2n) is 7.56. The van der Waals surface area contributed by atoms with Crippen molar-refractivity contribution in [3.63, 3.8) is 0 Å². The van der Waals surface area contributed by atoms with Gasteiger partial charge in [0.1, 0.15) is 0 Å². The standard InChI is InChI=1S/C24H27N3/c1-16-7-8-17(2)25(16)22-13-23(26-18(3)9-10-19(26)4)15-24(14-22)27-20(5)11-12-21(27)6/h7-15H,1-6H3. The van der Waals surface area contributed by atoms with Crippen LogP contribution in [-0.4, -0.2) is 13.7 Å². The van der Waals surface area contributed by atoms with E-state index in [1.165, 1.54) is 51.2 Å². The third-order valence-electron chi connectivity index (χ3n) is 5.48. The minimum atomic E-state index is 1.20. The van der Waals surface area contributed by atoms with Crippen LogP contribution >= 0.6 is 0 Å². The zero-order chi connectivity index (χ0) is 19.3. The average molecular weight is 358 g/mol. The number of benzene rings is 1. The second kappa shape index (κ2) is 6.34. The van der Waals surface area contributed by atoms with E-state index in [4.69, 9.17) is 0 Å². The zero-order valence-electron chi connectivity index (χ0n) is 17.0. The smallest absolute Gasteiger partial charge is 0.0496 e. The zero-order valence-corrected chi connectivity index (χ0v) is 17.0. The highest BCUT2D eigenvalue weighted by Gasteiger charge is 2.13. The van der Waals surface area contributed by atoms with E-state index in [-0.39, 0.29) is 0 Å². The summed E-state index contributed by atoms with van der Waals surface area (Å²) in [4.78, 5) is 0. The second-order valence-corrected chi connectivity index (χ2v) is 7.56. The molecule has 3 aromatic heterocycles. The molecule has 0 saturated carbocycles. The van der Waals surface area contributed by atoms with Crippen molar-refractivity contribution in [2.24, 2.45) is 0 Å². The fraction of sp³-hybridized carbons (Fsp3) is 0.250. The molecule has 1 aromatic carbocycles. The van der Waals surface area contributed by atoms with Crippen molar-refractivity contribution in [2.45, 2.75) is 41.5 Å². The van der Waals surface area contributed by atoms with Gasteiger partial charge in [-0.25, -0.2) is 0 Å². The highest BCUT2D eigenvalue weighted by atomic mass is 15.0. The fourth-order valence-electron chi connectivity index (χ4n) is 4.19. The Morgan fingerprint density at radius 2 is 0.556 bits per heavy atom. The minimum Gasteiger partial charge on any atom is -0.318 e. The van der Waals surface area contributed by atoms with Crippen molar-refractivity contribution in [1.82, 2.24) is 13.7 Å². The molecule has 0 radical (unpaired) electrons. The summed E-state index contributed by atoms with van der Waals surface area (Å²) in [5, 5.41) is 0. The van der Waals surface area contributed by atoms with Crippen LogP contribution in [0, 0.1) is 41.5 Å². The maximum atomic E-state index is 2.33. The summed E-state index contributed by atoms with van der Waals surface area (Å²) >= 11 is 0. The van der Waals surface area contributed by atoms with Crippen molar-refractivity contribution in [3.8, 4) is 17.1 Å². The van der Waals surface area contributed by atoms with Gasteiger partial charge in [-0.2, -0.15) is 0 Å². The first-order valence-electron chi connectivity index (χ1n) is 9.48. The molecule has 0 atom stereocenters. The highest BCUT2D eigenvalue weighted by molar-refractivity contribution is 5.57. The summed E-state index contributed by atoms with van der Waals surface area (Å²) in [6.07, 6.45) is 0. The SMILES string of the molecule is Cc1ccc(C)n1-c1cc(-n2c(C)ccc2C)cc(-n2c(C)ccc2C)c1. The molecule has 3 heterocycles. The molecule has 0 N–H and O–H groups in total. The maximum Gasteiger partial charge on any atom is 0.0496 e. The van der Waals surface area contributed by atoms with Crippen molar-refractivity contribution >= 4 is 0 Å². The minimum absolute atomic E-state index is 1.20. The largest absolute Gasteiger partial charge is 0.318 e. The van der Waals surface area contributed by atoms with E-state index in [1.54, 1.807) is 0 Å². The molecule has 4 rings (SSSR count). The van der Waals surface area contributed by atoms with Crippen molar-refractivity contribution in [3.05, 3.63) is 88.8 Å². The van der Waals surface area contributed by atoms with Gasteiger partial charge in [0.25, 0.3) is 0 Å². The van der Waals surface area contributed by atoms with E-state index >= 15 is 0 Å². The molecule has 0 unspecified atom stereocenters. The summed E-state index contributed by atoms with van der Waals surface area (Å²) in [6.45, 7) is 13.0. The Hall–Kier alpha value is -2.94. The lowest BCUT2D eigenvalue weighted by atomic mass is 10.2. The molecule has 0 saturated heterocycles. The first-order valence-corrected chi connectivity index (χ1v) is 9.48. The summed E-state index contributed by atoms with van der Waals surface area (Å²) in [5.41, 5.74) is 11.1. The van der Waals surface area contributed by atoms with Gasteiger partial charge in [0, 0.05) is 51.2 Å². The molecule has 3 nitrogen and oxygen atoms in total. The lowest BCUT2D eigenvalue weighted by Gasteiger charge is -2.19. The molecule has 0 aliphatic heterocycles. The fourth-order valence-corrected chi connectivity index (χ4v) is 4.19. The molecule has 4 aromatic rings. The highest BCUT2D eigenvalue weighted by Crippen LogP contribution is 2.27. The van der Waals surface area contributed by atoms with Gasteiger partial charge in [-0.1, -0.05) is 0 Å². The van der Waals surface area contributed by atoms with Crippen molar-refractivity contribution in [2.75, 3.05) is 0 Å². The van der Waals surface area contributed by atoms with Crippen LogP contribution in [0.5, 0.6) is 0 Å². The molecular weight excluding hydrogens is 330 g/mol. The van der Waals surface area contributed by atoms with E-state index in [2.05, 4.69) is 110 Å². The van der Waals surface area contributed by atoms with Gasteiger partial charge in [-0.15, -0.1) is 0 Å². The monoisotopic (exact) mass is 357 g/mol. The van der Waals surface area contributed by atoms with Crippen LogP contribution in [0.4, 0.5) is 0 Å². The number of hydrogen-bond acceptors (Lipinski definition) is 0. The first kappa shape index (κ1) is 17.5.